The number of likely N-dealkylation sites (N-methyl/N-ethyl adjacent to an activating group) is 1. The monoisotopic (exact) mass is 255 g/mol. The Bertz CT molecular complexity index is 251. The van der Waals surface area contributed by atoms with Crippen LogP contribution in [0.4, 0.5) is 0 Å². The third-order valence-electron chi connectivity index (χ3n) is 4.61. The van der Waals surface area contributed by atoms with Crippen LogP contribution in [0.1, 0.15) is 33.1 Å². The van der Waals surface area contributed by atoms with Crippen LogP contribution >= 0.6 is 0 Å². The molecule has 18 heavy (non-hydrogen) atoms. The van der Waals surface area contributed by atoms with E-state index in [9.17, 15) is 0 Å². The fraction of sp³-hybridized carbons (Fsp3) is 1.00. The Morgan fingerprint density at radius 1 is 1.22 bits per heavy atom. The topological polar surface area (TPSA) is 50.5 Å². The van der Waals surface area contributed by atoms with E-state index >= 15 is 0 Å². The van der Waals surface area contributed by atoms with Gasteiger partial charge in [-0.2, -0.15) is 0 Å². The summed E-state index contributed by atoms with van der Waals surface area (Å²) in [4.78, 5) is 2.34. The van der Waals surface area contributed by atoms with Crippen molar-refractivity contribution in [3.05, 3.63) is 0 Å². The summed E-state index contributed by atoms with van der Waals surface area (Å²) in [6.07, 6.45) is 4.17. The highest BCUT2D eigenvalue weighted by Gasteiger charge is 2.36. The van der Waals surface area contributed by atoms with E-state index in [0.717, 1.165) is 31.5 Å². The number of nitrogens with two attached hydrogens (primary N) is 1. The summed E-state index contributed by atoms with van der Waals surface area (Å²) >= 11 is 0. The van der Waals surface area contributed by atoms with Crippen LogP contribution < -0.4 is 11.3 Å². The SMILES string of the molecule is CC1CC(C)CC(C(NN)C2CN(C)CCO2)C1. The summed E-state index contributed by atoms with van der Waals surface area (Å²) in [6, 6.07) is 0.304. The van der Waals surface area contributed by atoms with Gasteiger partial charge < -0.3 is 9.64 Å². The third-order valence-corrected chi connectivity index (χ3v) is 4.61. The molecule has 2 fully saturated rings. The van der Waals surface area contributed by atoms with E-state index in [1.165, 1.54) is 19.3 Å². The van der Waals surface area contributed by atoms with E-state index < -0.39 is 0 Å². The van der Waals surface area contributed by atoms with Gasteiger partial charge in [-0.25, -0.2) is 0 Å². The molecule has 3 N–H and O–H groups in total. The summed E-state index contributed by atoms with van der Waals surface area (Å²) in [5, 5.41) is 0. The van der Waals surface area contributed by atoms with E-state index in [-0.39, 0.29) is 6.10 Å². The number of rotatable bonds is 3. The number of ether oxygens (including phenoxy) is 1. The molecule has 4 heteroatoms. The van der Waals surface area contributed by atoms with Crippen molar-refractivity contribution >= 4 is 0 Å². The van der Waals surface area contributed by atoms with Crippen molar-refractivity contribution in [2.24, 2.45) is 23.6 Å². The maximum atomic E-state index is 5.94. The summed E-state index contributed by atoms with van der Waals surface area (Å²) in [6.45, 7) is 7.59. The second-order valence-corrected chi connectivity index (χ2v) is 6.54. The molecule has 1 saturated carbocycles. The minimum Gasteiger partial charge on any atom is -0.374 e. The maximum absolute atomic E-state index is 5.94. The molecule has 0 radical (unpaired) electrons. The van der Waals surface area contributed by atoms with Gasteiger partial charge in [-0.3, -0.25) is 11.3 Å². The molecule has 4 unspecified atom stereocenters. The summed E-state index contributed by atoms with van der Waals surface area (Å²) in [5.74, 6) is 8.11. The predicted molar refractivity (Wildman–Crippen MR) is 74.0 cm³/mol. The highest BCUT2D eigenvalue weighted by atomic mass is 16.5. The molecule has 1 aliphatic carbocycles. The number of hydrogen-bond acceptors (Lipinski definition) is 4. The van der Waals surface area contributed by atoms with E-state index in [4.69, 9.17) is 10.6 Å². The van der Waals surface area contributed by atoms with Gasteiger partial charge in [-0.1, -0.05) is 13.8 Å². The second-order valence-electron chi connectivity index (χ2n) is 6.54. The van der Waals surface area contributed by atoms with Gasteiger partial charge in [0.2, 0.25) is 0 Å². The van der Waals surface area contributed by atoms with Crippen LogP contribution in [0.15, 0.2) is 0 Å². The van der Waals surface area contributed by atoms with Gasteiger partial charge in [-0.15, -0.1) is 0 Å². The molecular weight excluding hydrogens is 226 g/mol. The van der Waals surface area contributed by atoms with Crippen LogP contribution in [0.2, 0.25) is 0 Å². The minimum atomic E-state index is 0.247. The molecule has 4 atom stereocenters. The van der Waals surface area contributed by atoms with Gasteiger partial charge in [0.1, 0.15) is 0 Å². The normalized spacial score (nSPS) is 40.7. The van der Waals surface area contributed by atoms with Crippen molar-refractivity contribution in [1.82, 2.24) is 10.3 Å². The summed E-state index contributed by atoms with van der Waals surface area (Å²) in [5.41, 5.74) is 3.05. The first kappa shape index (κ1) is 14.3. The van der Waals surface area contributed by atoms with Gasteiger partial charge in [0.25, 0.3) is 0 Å². The molecule has 4 nitrogen and oxygen atoms in total. The largest absolute Gasteiger partial charge is 0.374 e. The average Bonchev–Trinajstić information content (AvgIpc) is 2.28. The Morgan fingerprint density at radius 3 is 2.44 bits per heavy atom. The van der Waals surface area contributed by atoms with Crippen molar-refractivity contribution in [3.63, 3.8) is 0 Å². The second kappa shape index (κ2) is 6.33. The quantitative estimate of drug-likeness (QED) is 0.588. The predicted octanol–water partition coefficient (Wildman–Crippen LogP) is 1.22. The van der Waals surface area contributed by atoms with Crippen molar-refractivity contribution in [3.8, 4) is 0 Å². The smallest absolute Gasteiger partial charge is 0.0871 e. The lowest BCUT2D eigenvalue weighted by molar-refractivity contribution is -0.0561. The standard InChI is InChI=1S/C14H29N3O/c1-10-6-11(2)8-12(7-10)14(16-15)13-9-17(3)4-5-18-13/h10-14,16H,4-9,15H2,1-3H3. The average molecular weight is 255 g/mol. The maximum Gasteiger partial charge on any atom is 0.0871 e. The van der Waals surface area contributed by atoms with Crippen LogP contribution in [-0.2, 0) is 4.74 Å². The molecule has 0 bridgehead atoms. The van der Waals surface area contributed by atoms with Gasteiger partial charge in [-0.05, 0) is 44.1 Å². The van der Waals surface area contributed by atoms with Crippen LogP contribution in [-0.4, -0.2) is 43.8 Å². The van der Waals surface area contributed by atoms with Gasteiger partial charge >= 0.3 is 0 Å². The van der Waals surface area contributed by atoms with Gasteiger partial charge in [0.15, 0.2) is 0 Å². The molecule has 0 amide bonds. The minimum absolute atomic E-state index is 0.247. The number of hydrazine groups is 1. The van der Waals surface area contributed by atoms with Crippen LogP contribution in [0.5, 0.6) is 0 Å². The Balaban J connectivity index is 1.98. The van der Waals surface area contributed by atoms with E-state index in [2.05, 4.69) is 31.2 Å². The van der Waals surface area contributed by atoms with Gasteiger partial charge in [0.05, 0.1) is 18.8 Å². The molecule has 2 aliphatic rings. The van der Waals surface area contributed by atoms with E-state index in [1.54, 1.807) is 0 Å². The van der Waals surface area contributed by atoms with Gasteiger partial charge in [0, 0.05) is 13.1 Å². The zero-order valence-corrected chi connectivity index (χ0v) is 12.1. The number of hydrogen-bond donors (Lipinski definition) is 2. The first-order valence-electron chi connectivity index (χ1n) is 7.36. The lowest BCUT2D eigenvalue weighted by Gasteiger charge is -2.42. The highest BCUT2D eigenvalue weighted by Crippen LogP contribution is 2.36. The molecular formula is C14H29N3O. The fourth-order valence-electron chi connectivity index (χ4n) is 3.88. The summed E-state index contributed by atoms with van der Waals surface area (Å²) < 4.78 is 5.94. The molecule has 0 aromatic carbocycles. The van der Waals surface area contributed by atoms with Crippen LogP contribution in [0.25, 0.3) is 0 Å². The zero-order chi connectivity index (χ0) is 13.1. The lowest BCUT2D eigenvalue weighted by atomic mass is 9.72. The van der Waals surface area contributed by atoms with Crippen LogP contribution in [0, 0.1) is 17.8 Å². The first-order valence-corrected chi connectivity index (χ1v) is 7.36. The molecule has 1 aliphatic heterocycles. The van der Waals surface area contributed by atoms with Crippen molar-refractivity contribution < 1.29 is 4.74 Å². The highest BCUT2D eigenvalue weighted by molar-refractivity contribution is 4.90. The van der Waals surface area contributed by atoms with Crippen molar-refractivity contribution in [2.75, 3.05) is 26.7 Å². The lowest BCUT2D eigenvalue weighted by Crippen LogP contribution is -2.57. The van der Waals surface area contributed by atoms with Crippen LogP contribution in [0.3, 0.4) is 0 Å². The fourth-order valence-corrected chi connectivity index (χ4v) is 3.88. The Morgan fingerprint density at radius 2 is 1.89 bits per heavy atom. The van der Waals surface area contributed by atoms with Crippen molar-refractivity contribution in [2.45, 2.75) is 45.3 Å². The molecule has 1 saturated heterocycles. The Labute approximate surface area is 111 Å². The Kier molecular flexibility index (Phi) is 5.01. The molecule has 106 valence electrons. The molecule has 0 aromatic heterocycles. The molecule has 1 heterocycles. The summed E-state index contributed by atoms with van der Waals surface area (Å²) in [7, 11) is 2.16. The van der Waals surface area contributed by atoms with E-state index in [1.807, 2.05) is 0 Å². The zero-order valence-electron chi connectivity index (χ0n) is 12.1. The molecule has 2 rings (SSSR count). The molecule has 0 aromatic rings. The number of morpholine rings is 1. The van der Waals surface area contributed by atoms with E-state index in [0.29, 0.717) is 12.0 Å². The first-order chi connectivity index (χ1) is 8.60. The number of nitrogens with one attached hydrogen (secondary N) is 1. The van der Waals surface area contributed by atoms with Crippen molar-refractivity contribution in [1.29, 1.82) is 0 Å². The third kappa shape index (κ3) is 3.44. The Hall–Kier alpha value is -0.160. The molecule has 0 spiro atoms. The number of nitrogens with zero attached hydrogens (tertiary/aromatic N) is 1.